The number of nitrogens with zero attached hydrogens (tertiary/aromatic N) is 4. The molecule has 0 saturated carbocycles. The summed E-state index contributed by atoms with van der Waals surface area (Å²) in [7, 11) is 0. The van der Waals surface area contributed by atoms with Gasteiger partial charge in [-0.15, -0.1) is 0 Å². The number of carbonyl (C=O) groups is 2. The quantitative estimate of drug-likeness (QED) is 0.280. The molecule has 2 amide bonds. The molecule has 0 aromatic heterocycles. The maximum absolute atomic E-state index is 12.9. The number of halogens is 1. The van der Waals surface area contributed by atoms with Gasteiger partial charge in [0, 0.05) is 62.3 Å². The van der Waals surface area contributed by atoms with Crippen LogP contribution in [0.3, 0.4) is 0 Å². The van der Waals surface area contributed by atoms with Crippen molar-refractivity contribution in [2.45, 2.75) is 33.1 Å². The lowest BCUT2D eigenvalue weighted by Gasteiger charge is -2.37. The fourth-order valence-electron chi connectivity index (χ4n) is 4.92. The molecule has 12 heteroatoms. The van der Waals surface area contributed by atoms with Gasteiger partial charge in [0.15, 0.2) is 5.11 Å². The molecular formula is C27H33ClN6O4S. The highest BCUT2D eigenvalue weighted by atomic mass is 35.5. The Kier molecular flexibility index (Phi) is 9.24. The number of hydrogen-bond acceptors (Lipinski definition) is 7. The first-order valence-electron chi connectivity index (χ1n) is 13.1. The minimum Gasteiger partial charge on any atom is -0.366 e. The second-order valence-corrected chi connectivity index (χ2v) is 11.0. The van der Waals surface area contributed by atoms with Crippen LogP contribution in [-0.2, 0) is 4.79 Å². The van der Waals surface area contributed by atoms with Crippen LogP contribution in [0.15, 0.2) is 36.4 Å². The minimum absolute atomic E-state index is 0.0422. The number of carbonyl (C=O) groups excluding carboxylic acids is 2. The van der Waals surface area contributed by atoms with Crippen LogP contribution in [-0.4, -0.2) is 66.0 Å². The van der Waals surface area contributed by atoms with Crippen LogP contribution in [0, 0.1) is 16.0 Å². The van der Waals surface area contributed by atoms with Gasteiger partial charge < -0.3 is 20.0 Å². The lowest BCUT2D eigenvalue weighted by Crippen LogP contribution is -2.49. The minimum atomic E-state index is -0.551. The first-order chi connectivity index (χ1) is 18.6. The van der Waals surface area contributed by atoms with E-state index < -0.39 is 10.8 Å². The number of hydrogen-bond donors (Lipinski definition) is 2. The number of nitro groups is 1. The average molecular weight is 573 g/mol. The van der Waals surface area contributed by atoms with Gasteiger partial charge in [0.05, 0.1) is 16.3 Å². The van der Waals surface area contributed by atoms with Crippen molar-refractivity contribution in [3.05, 3.63) is 57.1 Å². The summed E-state index contributed by atoms with van der Waals surface area (Å²) < 4.78 is 0. The number of nitrogens with one attached hydrogen (secondary N) is 2. The Hall–Kier alpha value is -3.44. The third kappa shape index (κ3) is 7.15. The van der Waals surface area contributed by atoms with Crippen LogP contribution in [0.5, 0.6) is 0 Å². The van der Waals surface area contributed by atoms with E-state index in [2.05, 4.69) is 15.5 Å². The van der Waals surface area contributed by atoms with Gasteiger partial charge in [-0.25, -0.2) is 0 Å². The Bertz CT molecular complexity index is 1260. The Labute approximate surface area is 238 Å². The van der Waals surface area contributed by atoms with Crippen molar-refractivity contribution in [3.8, 4) is 0 Å². The van der Waals surface area contributed by atoms with Crippen LogP contribution in [0.1, 0.15) is 43.5 Å². The summed E-state index contributed by atoms with van der Waals surface area (Å²) in [6, 6.07) is 9.86. The molecule has 2 aliphatic rings. The van der Waals surface area contributed by atoms with Gasteiger partial charge in [-0.1, -0.05) is 25.4 Å². The predicted molar refractivity (Wildman–Crippen MR) is 158 cm³/mol. The van der Waals surface area contributed by atoms with E-state index in [1.165, 1.54) is 6.07 Å². The van der Waals surface area contributed by atoms with E-state index in [1.807, 2.05) is 29.7 Å². The molecule has 2 aromatic rings. The monoisotopic (exact) mass is 572 g/mol. The highest BCUT2D eigenvalue weighted by molar-refractivity contribution is 7.80. The summed E-state index contributed by atoms with van der Waals surface area (Å²) in [5.74, 6) is -0.0749. The van der Waals surface area contributed by atoms with Gasteiger partial charge in [-0.2, -0.15) is 0 Å². The molecule has 4 rings (SSSR count). The maximum atomic E-state index is 12.9. The normalized spacial score (nSPS) is 15.4. The summed E-state index contributed by atoms with van der Waals surface area (Å²) in [6.45, 7) is 8.09. The zero-order valence-corrected chi connectivity index (χ0v) is 23.7. The standard InChI is InChI=1S/C27H33ClN6O4S/c1-18(2)15-25(35)33-13-11-32(12-14-33)22-8-6-20(28)17-21(22)29-27(39)30-26(36)19-5-7-23(24(16-19)34(37)38)31-9-3-4-10-31/h5-8,16-18H,3-4,9-15H2,1-2H3,(H2,29,30,36,39). The molecule has 39 heavy (non-hydrogen) atoms. The van der Waals surface area contributed by atoms with Gasteiger partial charge in [0.2, 0.25) is 5.91 Å². The summed E-state index contributed by atoms with van der Waals surface area (Å²) in [6.07, 6.45) is 2.50. The Morgan fingerprint density at radius 1 is 1.00 bits per heavy atom. The van der Waals surface area contributed by atoms with E-state index >= 15 is 0 Å². The van der Waals surface area contributed by atoms with Gasteiger partial charge in [-0.05, 0) is 61.3 Å². The van der Waals surface area contributed by atoms with E-state index in [0.29, 0.717) is 54.9 Å². The fourth-order valence-corrected chi connectivity index (χ4v) is 5.30. The van der Waals surface area contributed by atoms with E-state index in [0.717, 1.165) is 31.6 Å². The van der Waals surface area contributed by atoms with Crippen molar-refractivity contribution in [2.24, 2.45) is 5.92 Å². The molecule has 0 bridgehead atoms. The van der Waals surface area contributed by atoms with Crippen molar-refractivity contribution in [2.75, 3.05) is 54.4 Å². The van der Waals surface area contributed by atoms with Gasteiger partial charge in [-0.3, -0.25) is 25.0 Å². The molecule has 0 unspecified atom stereocenters. The molecule has 2 saturated heterocycles. The molecule has 0 radical (unpaired) electrons. The van der Waals surface area contributed by atoms with E-state index in [9.17, 15) is 19.7 Å². The number of thiocarbonyl (C=S) groups is 1. The van der Waals surface area contributed by atoms with E-state index in [-0.39, 0.29) is 22.3 Å². The summed E-state index contributed by atoms with van der Waals surface area (Å²) in [4.78, 5) is 42.6. The van der Waals surface area contributed by atoms with E-state index in [1.54, 1.807) is 24.3 Å². The first kappa shape index (κ1) is 28.6. The second-order valence-electron chi connectivity index (χ2n) is 10.2. The number of amides is 2. The molecule has 2 aromatic carbocycles. The molecule has 2 aliphatic heterocycles. The van der Waals surface area contributed by atoms with Gasteiger partial charge in [0.25, 0.3) is 11.6 Å². The smallest absolute Gasteiger partial charge is 0.293 e. The molecule has 0 atom stereocenters. The van der Waals surface area contributed by atoms with Gasteiger partial charge in [0.1, 0.15) is 5.69 Å². The van der Waals surface area contributed by atoms with Crippen LogP contribution < -0.4 is 20.4 Å². The van der Waals surface area contributed by atoms with Crippen molar-refractivity contribution in [1.29, 1.82) is 0 Å². The number of rotatable bonds is 7. The molecule has 2 heterocycles. The Morgan fingerprint density at radius 2 is 1.64 bits per heavy atom. The van der Waals surface area contributed by atoms with Crippen molar-refractivity contribution < 1.29 is 14.5 Å². The summed E-state index contributed by atoms with van der Waals surface area (Å²) >= 11 is 11.7. The highest BCUT2D eigenvalue weighted by Gasteiger charge is 2.25. The topological polar surface area (TPSA) is 111 Å². The SMILES string of the molecule is CC(C)CC(=O)N1CCN(c2ccc(Cl)cc2NC(=S)NC(=O)c2ccc(N3CCCC3)c([N+](=O)[O-])c2)CC1. The van der Waals surface area contributed by atoms with Crippen molar-refractivity contribution >= 4 is 63.5 Å². The Morgan fingerprint density at radius 3 is 2.28 bits per heavy atom. The zero-order valence-electron chi connectivity index (χ0n) is 22.1. The van der Waals surface area contributed by atoms with Crippen LogP contribution in [0.2, 0.25) is 5.02 Å². The summed E-state index contributed by atoms with van der Waals surface area (Å²) in [5.41, 5.74) is 2.01. The molecule has 208 valence electrons. The maximum Gasteiger partial charge on any atom is 0.293 e. The Balaban J connectivity index is 1.42. The molecular weight excluding hydrogens is 540 g/mol. The number of anilines is 3. The van der Waals surface area contributed by atoms with Gasteiger partial charge >= 0.3 is 0 Å². The number of benzene rings is 2. The molecule has 2 fully saturated rings. The lowest BCUT2D eigenvalue weighted by atomic mass is 10.1. The molecule has 0 aliphatic carbocycles. The zero-order chi connectivity index (χ0) is 28.1. The van der Waals surface area contributed by atoms with Crippen LogP contribution in [0.4, 0.5) is 22.7 Å². The molecule has 0 spiro atoms. The number of piperazine rings is 1. The summed E-state index contributed by atoms with van der Waals surface area (Å²) in [5, 5.41) is 17.9. The first-order valence-corrected chi connectivity index (χ1v) is 13.9. The number of nitro benzene ring substituents is 1. The van der Waals surface area contributed by atoms with E-state index in [4.69, 9.17) is 23.8 Å². The van der Waals surface area contributed by atoms with Crippen LogP contribution >= 0.6 is 23.8 Å². The largest absolute Gasteiger partial charge is 0.366 e. The third-order valence-corrected chi connectivity index (χ3v) is 7.31. The van der Waals surface area contributed by atoms with Crippen molar-refractivity contribution in [1.82, 2.24) is 10.2 Å². The molecule has 10 nitrogen and oxygen atoms in total. The third-order valence-electron chi connectivity index (χ3n) is 6.87. The van der Waals surface area contributed by atoms with Crippen LogP contribution in [0.25, 0.3) is 0 Å². The predicted octanol–water partition coefficient (Wildman–Crippen LogP) is 4.67. The fraction of sp³-hybridized carbons (Fsp3) is 0.444. The van der Waals surface area contributed by atoms with Crippen molar-refractivity contribution in [3.63, 3.8) is 0 Å². The highest BCUT2D eigenvalue weighted by Crippen LogP contribution is 2.32. The lowest BCUT2D eigenvalue weighted by molar-refractivity contribution is -0.384. The average Bonchev–Trinajstić information content (AvgIpc) is 3.43. The molecule has 2 N–H and O–H groups in total. The second kappa shape index (κ2) is 12.6.